The van der Waals surface area contributed by atoms with Crippen molar-refractivity contribution in [2.75, 3.05) is 26.2 Å². The summed E-state index contributed by atoms with van der Waals surface area (Å²) in [5, 5.41) is 14.5. The van der Waals surface area contributed by atoms with Crippen molar-refractivity contribution in [2.45, 2.75) is 41.6 Å². The van der Waals surface area contributed by atoms with Crippen molar-refractivity contribution in [3.8, 4) is 0 Å². The molecule has 2 aromatic rings. The summed E-state index contributed by atoms with van der Waals surface area (Å²) >= 11 is 0. The lowest BCUT2D eigenvalue weighted by Gasteiger charge is -2.33. The summed E-state index contributed by atoms with van der Waals surface area (Å²) < 4.78 is 31.9. The van der Waals surface area contributed by atoms with Crippen LogP contribution in [0.15, 0.2) is 47.4 Å². The van der Waals surface area contributed by atoms with Gasteiger partial charge in [-0.3, -0.25) is 10.2 Å². The second-order valence-electron chi connectivity index (χ2n) is 8.71. The second-order valence-corrected chi connectivity index (χ2v) is 11.0. The molecule has 0 spiro atoms. The Balaban J connectivity index is 1.38. The van der Waals surface area contributed by atoms with Gasteiger partial charge in [0.1, 0.15) is 10.8 Å². The minimum Gasteiger partial charge on any atom is -0.373 e. The Morgan fingerprint density at radius 2 is 1.97 bits per heavy atom. The van der Waals surface area contributed by atoms with Crippen molar-refractivity contribution in [2.24, 2.45) is 5.73 Å². The number of morpholine rings is 1. The minimum atomic E-state index is -3.95. The predicted octanol–water partition coefficient (Wildman–Crippen LogP) is 1.01. The van der Waals surface area contributed by atoms with Gasteiger partial charge in [0.25, 0.3) is 0 Å². The van der Waals surface area contributed by atoms with E-state index in [2.05, 4.69) is 10.6 Å². The molecule has 1 saturated heterocycles. The molecule has 1 heterocycles. The first-order valence-corrected chi connectivity index (χ1v) is 12.7. The first-order valence-electron chi connectivity index (χ1n) is 11.1. The van der Waals surface area contributed by atoms with E-state index in [9.17, 15) is 18.0 Å². The largest absolute Gasteiger partial charge is 0.373 e. The zero-order valence-electron chi connectivity index (χ0n) is 18.9. The standard InChI is InChI=1S/C23H28N5O5S/c1-15(34(31,32)19-7-6-16-4-2-3-5-17(16)12-19)20(29)23(8-9-23)27-22(30)26-13-18-14-28(21(24)25)10-11-33-18/h2-7,12,15,18H,8-11,13-14H2,1H3,(H3,24,25)(H,26,30). The molecule has 2 unspecified atom stereocenters. The third-order valence-electron chi connectivity index (χ3n) is 6.34. The van der Waals surface area contributed by atoms with Crippen LogP contribution in [0.1, 0.15) is 19.8 Å². The van der Waals surface area contributed by atoms with Crippen molar-refractivity contribution in [1.82, 2.24) is 15.5 Å². The van der Waals surface area contributed by atoms with Gasteiger partial charge in [-0.1, -0.05) is 30.3 Å². The number of guanidine groups is 1. The number of Topliss-reactive ketones (excluding diaryl/α,β-unsaturated/α-hetero) is 1. The smallest absolute Gasteiger partial charge is 0.337 e. The Bertz CT molecular complexity index is 1230. The van der Waals surface area contributed by atoms with Crippen LogP contribution < -0.4 is 16.4 Å². The molecule has 2 aromatic carbocycles. The van der Waals surface area contributed by atoms with Crippen molar-refractivity contribution in [3.63, 3.8) is 0 Å². The van der Waals surface area contributed by atoms with Gasteiger partial charge in [-0.05, 0) is 42.7 Å². The molecule has 10 nitrogen and oxygen atoms in total. The van der Waals surface area contributed by atoms with Crippen LogP contribution in [0, 0.1) is 5.41 Å². The van der Waals surface area contributed by atoms with E-state index in [1.54, 1.807) is 17.0 Å². The zero-order valence-corrected chi connectivity index (χ0v) is 19.7. The number of nitrogens with one attached hydrogen (secondary N) is 2. The van der Waals surface area contributed by atoms with Crippen LogP contribution in [0.25, 0.3) is 10.8 Å². The molecule has 1 saturated carbocycles. The van der Waals surface area contributed by atoms with E-state index in [4.69, 9.17) is 15.9 Å². The van der Waals surface area contributed by atoms with Gasteiger partial charge >= 0.3 is 6.03 Å². The summed E-state index contributed by atoms with van der Waals surface area (Å²) in [5.74, 6) is -0.638. The van der Waals surface area contributed by atoms with E-state index in [1.165, 1.54) is 13.0 Å². The zero-order chi connectivity index (χ0) is 24.5. The molecule has 34 heavy (non-hydrogen) atoms. The summed E-state index contributed by atoms with van der Waals surface area (Å²) in [6, 6.07) is 11.5. The molecule has 2 amide bonds. The SMILES string of the molecule is CC(C(=O)C1([N]C(=O)NCC2CN(C(=N)N)CCO2)CC1)S(=O)(=O)c1ccc2ccccc2c1. The van der Waals surface area contributed by atoms with Crippen LogP contribution >= 0.6 is 0 Å². The number of sulfone groups is 1. The van der Waals surface area contributed by atoms with Crippen LogP contribution in [0.2, 0.25) is 0 Å². The van der Waals surface area contributed by atoms with Gasteiger partial charge in [0.05, 0.1) is 17.6 Å². The molecular weight excluding hydrogens is 458 g/mol. The number of urea groups is 1. The average molecular weight is 487 g/mol. The number of amides is 2. The number of fused-ring (bicyclic) bond motifs is 1. The summed E-state index contributed by atoms with van der Waals surface area (Å²) in [4.78, 5) is 27.3. The van der Waals surface area contributed by atoms with Crippen LogP contribution in [-0.2, 0) is 19.4 Å². The maximum Gasteiger partial charge on any atom is 0.337 e. The Hall–Kier alpha value is -3.18. The number of benzene rings is 2. The van der Waals surface area contributed by atoms with Crippen molar-refractivity contribution in [3.05, 3.63) is 42.5 Å². The molecule has 4 rings (SSSR count). The predicted molar refractivity (Wildman–Crippen MR) is 126 cm³/mol. The van der Waals surface area contributed by atoms with Crippen molar-refractivity contribution >= 4 is 38.4 Å². The molecule has 1 aliphatic carbocycles. The number of nitrogens with two attached hydrogens (primary N) is 1. The van der Waals surface area contributed by atoms with Crippen LogP contribution in [0.4, 0.5) is 4.79 Å². The second kappa shape index (κ2) is 9.22. The van der Waals surface area contributed by atoms with Gasteiger partial charge in [-0.2, -0.15) is 0 Å². The van der Waals surface area contributed by atoms with Gasteiger partial charge in [0.2, 0.25) is 0 Å². The lowest BCUT2D eigenvalue weighted by atomic mass is 10.1. The first kappa shape index (κ1) is 24.0. The van der Waals surface area contributed by atoms with Gasteiger partial charge in [0, 0.05) is 19.6 Å². The number of hydrogen-bond acceptors (Lipinski definition) is 6. The third-order valence-corrected chi connectivity index (χ3v) is 8.40. The summed E-state index contributed by atoms with van der Waals surface area (Å²) in [6.45, 7) is 2.74. The van der Waals surface area contributed by atoms with E-state index in [-0.39, 0.29) is 23.5 Å². The minimum absolute atomic E-state index is 0.0616. The van der Waals surface area contributed by atoms with E-state index in [0.717, 1.165) is 10.8 Å². The fourth-order valence-corrected chi connectivity index (χ4v) is 5.55. The van der Waals surface area contributed by atoms with Gasteiger partial charge in [-0.25, -0.2) is 18.5 Å². The number of ketones is 1. The van der Waals surface area contributed by atoms with Crippen molar-refractivity contribution < 1.29 is 22.7 Å². The molecule has 2 aliphatic rings. The maximum atomic E-state index is 13.2. The number of carbonyl (C=O) groups is 2. The normalized spacial score (nSPS) is 20.4. The highest BCUT2D eigenvalue weighted by Gasteiger charge is 2.56. The molecule has 1 aliphatic heterocycles. The fraction of sp³-hybridized carbons (Fsp3) is 0.435. The summed E-state index contributed by atoms with van der Waals surface area (Å²) in [7, 11) is -3.95. The molecule has 2 atom stereocenters. The van der Waals surface area contributed by atoms with Crippen LogP contribution in [0.3, 0.4) is 0 Å². The highest BCUT2D eigenvalue weighted by molar-refractivity contribution is 7.92. The van der Waals surface area contributed by atoms with Crippen LogP contribution in [0.5, 0.6) is 0 Å². The van der Waals surface area contributed by atoms with Crippen molar-refractivity contribution in [1.29, 1.82) is 5.41 Å². The number of nitrogens with zero attached hydrogens (tertiary/aromatic N) is 2. The quantitative estimate of drug-likeness (QED) is 0.389. The lowest BCUT2D eigenvalue weighted by Crippen LogP contribution is -2.53. The fourth-order valence-electron chi connectivity index (χ4n) is 4.10. The Kier molecular flexibility index (Phi) is 6.50. The summed E-state index contributed by atoms with van der Waals surface area (Å²) in [5.41, 5.74) is 4.19. The van der Waals surface area contributed by atoms with E-state index >= 15 is 0 Å². The van der Waals surface area contributed by atoms with Gasteiger partial charge in [-0.15, -0.1) is 0 Å². The lowest BCUT2D eigenvalue weighted by molar-refractivity contribution is -0.121. The first-order chi connectivity index (χ1) is 16.1. The average Bonchev–Trinajstić information content (AvgIpc) is 3.62. The molecule has 4 N–H and O–H groups in total. The Morgan fingerprint density at radius 3 is 2.65 bits per heavy atom. The van der Waals surface area contributed by atoms with Crippen LogP contribution in [-0.4, -0.2) is 74.2 Å². The molecule has 2 fully saturated rings. The Morgan fingerprint density at radius 1 is 1.26 bits per heavy atom. The molecule has 11 heteroatoms. The van der Waals surface area contributed by atoms with Gasteiger partial charge in [0.15, 0.2) is 21.6 Å². The highest BCUT2D eigenvalue weighted by Crippen LogP contribution is 2.40. The number of carbonyl (C=O) groups excluding carboxylic acids is 2. The topological polar surface area (TPSA) is 157 Å². The maximum absolute atomic E-state index is 13.2. The Labute approximate surface area is 198 Å². The number of hydrogen-bond donors (Lipinski definition) is 3. The summed E-state index contributed by atoms with van der Waals surface area (Å²) in [6.07, 6.45) is 0.291. The molecule has 0 bridgehead atoms. The monoisotopic (exact) mass is 486 g/mol. The molecule has 181 valence electrons. The van der Waals surface area contributed by atoms with E-state index < -0.39 is 32.4 Å². The van der Waals surface area contributed by atoms with E-state index in [0.29, 0.717) is 32.5 Å². The van der Waals surface area contributed by atoms with Gasteiger partial charge < -0.3 is 20.7 Å². The molecule has 1 radical (unpaired) electrons. The number of rotatable bonds is 7. The van der Waals surface area contributed by atoms with E-state index in [1.807, 2.05) is 24.3 Å². The number of ether oxygens (including phenoxy) is 1. The highest BCUT2D eigenvalue weighted by atomic mass is 32.2. The molecular formula is C23H28N5O5S. The third kappa shape index (κ3) is 4.85. The molecule has 0 aromatic heterocycles.